The van der Waals surface area contributed by atoms with E-state index in [1.807, 2.05) is 20.8 Å². The first-order chi connectivity index (χ1) is 12.4. The van der Waals surface area contributed by atoms with Gasteiger partial charge in [0.15, 0.2) is 0 Å². The molecule has 7 nitrogen and oxygen atoms in total. The molecule has 1 aromatic rings. The molecular weight excluding hydrogens is 334 g/mol. The number of nitrogens with one attached hydrogen (secondary N) is 1. The fraction of sp³-hybridized carbons (Fsp3) is 0.632. The average molecular weight is 365 g/mol. The Morgan fingerprint density at radius 3 is 2.50 bits per heavy atom. The minimum atomic E-state index is -0.696. The third-order valence-electron chi connectivity index (χ3n) is 3.88. The third-order valence-corrected chi connectivity index (χ3v) is 3.88. The molecule has 0 aliphatic carbocycles. The monoisotopic (exact) mass is 365 g/mol. The summed E-state index contributed by atoms with van der Waals surface area (Å²) in [6.45, 7) is 6.45. The van der Waals surface area contributed by atoms with Gasteiger partial charge in [0.05, 0.1) is 25.6 Å². The van der Waals surface area contributed by atoms with Crippen LogP contribution in [0.15, 0.2) is 18.3 Å². The number of hydrogen-bond donors (Lipinski definition) is 2. The Labute approximate surface area is 155 Å². The largest absolute Gasteiger partial charge is 0.468 e. The average Bonchev–Trinajstić information content (AvgIpc) is 2.61. The van der Waals surface area contributed by atoms with Crippen LogP contribution in [-0.2, 0) is 25.5 Å². The van der Waals surface area contributed by atoms with E-state index in [1.165, 1.54) is 13.3 Å². The molecule has 0 aliphatic rings. The van der Waals surface area contributed by atoms with Crippen molar-refractivity contribution in [3.63, 3.8) is 0 Å². The molecule has 0 unspecified atom stereocenters. The fourth-order valence-corrected chi connectivity index (χ4v) is 2.48. The third kappa shape index (κ3) is 7.82. The summed E-state index contributed by atoms with van der Waals surface area (Å²) in [4.78, 5) is 28.8. The van der Waals surface area contributed by atoms with Gasteiger partial charge in [-0.15, -0.1) is 0 Å². The maximum absolute atomic E-state index is 12.4. The van der Waals surface area contributed by atoms with Crippen molar-refractivity contribution in [2.24, 2.45) is 5.92 Å². The van der Waals surface area contributed by atoms with Crippen molar-refractivity contribution >= 4 is 17.6 Å². The van der Waals surface area contributed by atoms with Gasteiger partial charge in [0.2, 0.25) is 0 Å². The summed E-state index contributed by atoms with van der Waals surface area (Å²) in [7, 11) is 1.32. The van der Waals surface area contributed by atoms with Gasteiger partial charge in [-0.3, -0.25) is 19.9 Å². The van der Waals surface area contributed by atoms with Gasteiger partial charge in [-0.1, -0.05) is 27.2 Å². The maximum Gasteiger partial charge on any atom is 0.323 e. The molecule has 0 aliphatic heterocycles. The van der Waals surface area contributed by atoms with Gasteiger partial charge in [-0.2, -0.15) is 0 Å². The summed E-state index contributed by atoms with van der Waals surface area (Å²) in [5.74, 6) is -0.524. The minimum Gasteiger partial charge on any atom is -0.468 e. The number of carbonyl (C=O) groups excluding carboxylic acids is 2. The molecule has 0 saturated heterocycles. The van der Waals surface area contributed by atoms with Crippen molar-refractivity contribution in [2.45, 2.75) is 58.5 Å². The number of unbranched alkanes of at least 4 members (excludes halogenated alkanes) is 1. The zero-order chi connectivity index (χ0) is 19.5. The highest BCUT2D eigenvalue weighted by atomic mass is 16.5. The molecule has 0 saturated carbocycles. The Balaban J connectivity index is 2.85. The molecule has 1 aromatic heterocycles. The Morgan fingerprint density at radius 1 is 1.23 bits per heavy atom. The zero-order valence-electron chi connectivity index (χ0n) is 16.2. The summed E-state index contributed by atoms with van der Waals surface area (Å²) in [6, 6.07) is 2.20. The number of pyridine rings is 1. The second-order valence-corrected chi connectivity index (χ2v) is 6.73. The number of rotatable bonds is 11. The second kappa shape index (κ2) is 11.5. The van der Waals surface area contributed by atoms with E-state index in [-0.39, 0.29) is 11.9 Å². The number of ether oxygens (including phenoxy) is 2. The van der Waals surface area contributed by atoms with Crippen LogP contribution in [0.1, 0.15) is 45.7 Å². The Bertz CT molecular complexity index is 560. The van der Waals surface area contributed by atoms with E-state index in [4.69, 9.17) is 15.2 Å². The summed E-state index contributed by atoms with van der Waals surface area (Å²) in [6.07, 6.45) is 4.16. The number of methoxy groups -OCH3 is 1. The van der Waals surface area contributed by atoms with Crippen molar-refractivity contribution in [1.82, 2.24) is 10.3 Å². The van der Waals surface area contributed by atoms with Gasteiger partial charge in [0.25, 0.3) is 0 Å². The van der Waals surface area contributed by atoms with Gasteiger partial charge >= 0.3 is 11.9 Å². The lowest BCUT2D eigenvalue weighted by molar-refractivity contribution is -0.148. The van der Waals surface area contributed by atoms with Crippen molar-refractivity contribution in [3.8, 4) is 0 Å². The first-order valence-corrected chi connectivity index (χ1v) is 9.08. The Kier molecular flexibility index (Phi) is 9.65. The molecule has 7 heteroatoms. The van der Waals surface area contributed by atoms with E-state index in [0.717, 1.165) is 12.8 Å². The number of hydrogen-bond acceptors (Lipinski definition) is 7. The summed E-state index contributed by atoms with van der Waals surface area (Å²) >= 11 is 0. The van der Waals surface area contributed by atoms with E-state index < -0.39 is 18.1 Å². The maximum atomic E-state index is 12.4. The molecular formula is C19H31N3O4. The van der Waals surface area contributed by atoms with Crippen LogP contribution in [0, 0.1) is 5.92 Å². The fourth-order valence-electron chi connectivity index (χ4n) is 2.48. The lowest BCUT2D eigenvalue weighted by Gasteiger charge is -2.24. The second-order valence-electron chi connectivity index (χ2n) is 6.73. The van der Waals surface area contributed by atoms with Crippen molar-refractivity contribution in [3.05, 3.63) is 24.0 Å². The van der Waals surface area contributed by atoms with Crippen LogP contribution < -0.4 is 11.1 Å². The topological polar surface area (TPSA) is 104 Å². The quantitative estimate of drug-likeness (QED) is 0.457. The van der Waals surface area contributed by atoms with E-state index in [0.29, 0.717) is 30.8 Å². The summed E-state index contributed by atoms with van der Waals surface area (Å²) in [5, 5.41) is 3.11. The Hall–Kier alpha value is -2.15. The van der Waals surface area contributed by atoms with Gasteiger partial charge in [0.1, 0.15) is 12.1 Å². The highest BCUT2D eigenvalue weighted by molar-refractivity contribution is 5.79. The SMILES string of the molecule is CCCCOC(=O)[C@H](CC(C)C)N[C@@H](Cc1ccc(N)cn1)C(=O)OC. The van der Waals surface area contributed by atoms with Crippen LogP contribution in [0.3, 0.4) is 0 Å². The lowest BCUT2D eigenvalue weighted by Crippen LogP contribution is -2.49. The minimum absolute atomic E-state index is 0.263. The molecule has 1 rings (SSSR count). The van der Waals surface area contributed by atoms with Crippen molar-refractivity contribution < 1.29 is 19.1 Å². The van der Waals surface area contributed by atoms with Gasteiger partial charge in [-0.25, -0.2) is 0 Å². The molecule has 0 radical (unpaired) electrons. The highest BCUT2D eigenvalue weighted by Crippen LogP contribution is 2.11. The van der Waals surface area contributed by atoms with E-state index in [2.05, 4.69) is 10.3 Å². The van der Waals surface area contributed by atoms with E-state index >= 15 is 0 Å². The number of nitrogens with zero attached hydrogens (tertiary/aromatic N) is 1. The number of nitrogens with two attached hydrogens (primary N) is 1. The van der Waals surface area contributed by atoms with E-state index in [1.54, 1.807) is 12.1 Å². The smallest absolute Gasteiger partial charge is 0.323 e. The molecule has 0 bridgehead atoms. The number of anilines is 1. The molecule has 0 spiro atoms. The molecule has 0 aromatic carbocycles. The van der Waals surface area contributed by atoms with Gasteiger partial charge in [-0.05, 0) is 30.9 Å². The van der Waals surface area contributed by atoms with Crippen LogP contribution in [0.2, 0.25) is 0 Å². The number of aromatic nitrogens is 1. The molecule has 3 N–H and O–H groups in total. The predicted molar refractivity (Wildman–Crippen MR) is 100 cm³/mol. The van der Waals surface area contributed by atoms with E-state index in [9.17, 15) is 9.59 Å². The highest BCUT2D eigenvalue weighted by Gasteiger charge is 2.29. The van der Waals surface area contributed by atoms with Crippen LogP contribution in [0.5, 0.6) is 0 Å². The molecule has 0 fully saturated rings. The van der Waals surface area contributed by atoms with Crippen LogP contribution in [0.4, 0.5) is 5.69 Å². The summed E-state index contributed by atoms with van der Waals surface area (Å²) in [5.41, 5.74) is 6.88. The van der Waals surface area contributed by atoms with Crippen LogP contribution in [0.25, 0.3) is 0 Å². The molecule has 26 heavy (non-hydrogen) atoms. The van der Waals surface area contributed by atoms with Crippen molar-refractivity contribution in [1.29, 1.82) is 0 Å². The number of carbonyl (C=O) groups is 2. The molecule has 2 atom stereocenters. The molecule has 146 valence electrons. The first-order valence-electron chi connectivity index (χ1n) is 9.08. The van der Waals surface area contributed by atoms with Gasteiger partial charge in [0, 0.05) is 12.1 Å². The number of esters is 2. The van der Waals surface area contributed by atoms with Gasteiger partial charge < -0.3 is 15.2 Å². The summed E-state index contributed by atoms with van der Waals surface area (Å²) < 4.78 is 10.2. The number of nitrogen functional groups attached to an aromatic ring is 1. The lowest BCUT2D eigenvalue weighted by atomic mass is 10.0. The molecule has 1 heterocycles. The predicted octanol–water partition coefficient (Wildman–Crippen LogP) is 2.10. The first kappa shape index (κ1) is 21.9. The normalized spacial score (nSPS) is 13.3. The Morgan fingerprint density at radius 2 is 1.96 bits per heavy atom. The molecule has 0 amide bonds. The zero-order valence-corrected chi connectivity index (χ0v) is 16.2. The van der Waals surface area contributed by atoms with Crippen molar-refractivity contribution in [2.75, 3.05) is 19.5 Å². The van der Waals surface area contributed by atoms with Crippen LogP contribution >= 0.6 is 0 Å². The van der Waals surface area contributed by atoms with Crippen LogP contribution in [-0.4, -0.2) is 42.7 Å². The standard InChI is InChI=1S/C19H31N3O4/c1-5-6-9-26-19(24)16(10-13(2)3)22-17(18(23)25-4)11-15-8-7-14(20)12-21-15/h7-8,12-13,16-17,22H,5-6,9-11,20H2,1-4H3/t16-,17-/m0/s1.